The van der Waals surface area contributed by atoms with E-state index in [0.29, 0.717) is 18.7 Å². The largest absolute Gasteiger partial charge is 0.474 e. The summed E-state index contributed by atoms with van der Waals surface area (Å²) in [6.07, 6.45) is 3.70. The highest BCUT2D eigenvalue weighted by Gasteiger charge is 2.37. The van der Waals surface area contributed by atoms with Gasteiger partial charge in [0.05, 0.1) is 11.7 Å². The molecule has 1 aliphatic heterocycles. The molecule has 0 saturated carbocycles. The van der Waals surface area contributed by atoms with Crippen molar-refractivity contribution in [2.75, 3.05) is 11.9 Å². The molecule has 5 rings (SSSR count). The fourth-order valence-electron chi connectivity index (χ4n) is 4.64. The minimum Gasteiger partial charge on any atom is -0.474 e. The van der Waals surface area contributed by atoms with Crippen molar-refractivity contribution < 1.29 is 18.1 Å². The Morgan fingerprint density at radius 3 is 2.97 bits per heavy atom. The Hall–Kier alpha value is -2.46. The minimum absolute atomic E-state index is 0.0931. The second kappa shape index (κ2) is 6.52. The summed E-state index contributed by atoms with van der Waals surface area (Å²) in [5, 5.41) is 12.9. The third-order valence-electron chi connectivity index (χ3n) is 6.06. The van der Waals surface area contributed by atoms with Gasteiger partial charge in [-0.15, -0.1) is 4.36 Å². The number of hydrogen-bond acceptors (Lipinski definition) is 4. The summed E-state index contributed by atoms with van der Waals surface area (Å²) >= 11 is 0. The summed E-state index contributed by atoms with van der Waals surface area (Å²) in [5.74, 6) is 0.269. The smallest absolute Gasteiger partial charge is 0.354 e. The van der Waals surface area contributed by atoms with Crippen molar-refractivity contribution in [3.8, 4) is 5.88 Å². The first kappa shape index (κ1) is 19.5. The van der Waals surface area contributed by atoms with Crippen molar-refractivity contribution in [3.05, 3.63) is 34.5 Å². The predicted octanol–water partition coefficient (Wildman–Crippen LogP) is 2.87. The number of nitrogens with two attached hydrogens (primary N) is 1. The van der Waals surface area contributed by atoms with Crippen LogP contribution >= 0.6 is 0 Å². The maximum atomic E-state index is 14.0. The molecule has 0 radical (unpaired) electrons. The molecule has 160 valence electrons. The number of alkyl halides is 1. The normalized spacial score (nSPS) is 22.6. The number of amides is 2. The van der Waals surface area contributed by atoms with E-state index in [1.807, 2.05) is 13.8 Å². The number of carbonyl (C=O) groups is 1. The van der Waals surface area contributed by atoms with Crippen molar-refractivity contribution in [1.29, 1.82) is 0 Å². The highest BCUT2D eigenvalue weighted by Crippen LogP contribution is 2.40. The first-order valence-electron chi connectivity index (χ1n) is 10.0. The zero-order valence-electron chi connectivity index (χ0n) is 16.9. The first-order valence-corrected chi connectivity index (χ1v) is 11.6. The number of carbonyl (C=O) groups excluding carboxylic acids is 1. The Kier molecular flexibility index (Phi) is 4.24. The number of aryl methyl sites for hydroxylation is 1. The van der Waals surface area contributed by atoms with Gasteiger partial charge in [0.25, 0.3) is 0 Å². The summed E-state index contributed by atoms with van der Waals surface area (Å²) in [4.78, 5) is 12.8. The van der Waals surface area contributed by atoms with Crippen LogP contribution < -0.4 is 15.2 Å². The maximum absolute atomic E-state index is 14.0. The fourth-order valence-corrected chi connectivity index (χ4v) is 5.63. The summed E-state index contributed by atoms with van der Waals surface area (Å²) in [5.41, 5.74) is 4.10. The van der Waals surface area contributed by atoms with E-state index in [4.69, 9.17) is 9.88 Å². The van der Waals surface area contributed by atoms with Gasteiger partial charge in [-0.05, 0) is 55.4 Å². The molecule has 0 fully saturated rings. The fraction of sp³-hybridized carbons (Fsp3) is 0.500. The van der Waals surface area contributed by atoms with Crippen LogP contribution in [0.3, 0.4) is 0 Å². The molecule has 1 unspecified atom stereocenters. The van der Waals surface area contributed by atoms with Gasteiger partial charge < -0.3 is 10.1 Å². The summed E-state index contributed by atoms with van der Waals surface area (Å²) in [7, 11) is -3.57. The van der Waals surface area contributed by atoms with Crippen LogP contribution in [-0.2, 0) is 41.1 Å². The van der Waals surface area contributed by atoms with Gasteiger partial charge >= 0.3 is 6.03 Å². The second-order valence-corrected chi connectivity index (χ2v) is 10.6. The Balaban J connectivity index is 1.49. The van der Waals surface area contributed by atoms with Gasteiger partial charge in [0.15, 0.2) is 9.92 Å². The van der Waals surface area contributed by atoms with Crippen LogP contribution in [0.25, 0.3) is 0 Å². The lowest BCUT2D eigenvalue weighted by Gasteiger charge is -2.15. The molecule has 0 bridgehead atoms. The number of aromatic nitrogens is 2. The topological polar surface area (TPSA) is 112 Å². The zero-order chi connectivity index (χ0) is 21.3. The molecular formula is C20H24FN5O3S. The number of anilines is 1. The average molecular weight is 434 g/mol. The molecule has 30 heavy (non-hydrogen) atoms. The van der Waals surface area contributed by atoms with E-state index in [-0.39, 0.29) is 17.2 Å². The van der Waals surface area contributed by atoms with Gasteiger partial charge in [-0.2, -0.15) is 5.10 Å². The molecule has 2 amide bonds. The minimum atomic E-state index is -3.57. The van der Waals surface area contributed by atoms with Gasteiger partial charge in [0.1, 0.15) is 17.7 Å². The monoisotopic (exact) mass is 433 g/mol. The van der Waals surface area contributed by atoms with Crippen molar-refractivity contribution >= 4 is 21.6 Å². The SMILES string of the molecule is CC1(C)COc2c(S(N)(=O)=NC(=O)Nc3c4c(cc5c3C[C@H](F)C5)CCC4)cnn21. The predicted molar refractivity (Wildman–Crippen MR) is 110 cm³/mol. The molecule has 0 saturated heterocycles. The summed E-state index contributed by atoms with van der Waals surface area (Å²) < 4.78 is 38.1. The Labute approximate surface area is 174 Å². The van der Waals surface area contributed by atoms with E-state index in [0.717, 1.165) is 41.5 Å². The van der Waals surface area contributed by atoms with Crippen LogP contribution in [0, 0.1) is 0 Å². The Bertz CT molecular complexity index is 1200. The van der Waals surface area contributed by atoms with Crippen LogP contribution in [0.5, 0.6) is 5.88 Å². The van der Waals surface area contributed by atoms with Crippen molar-refractivity contribution in [2.45, 2.75) is 62.6 Å². The molecular weight excluding hydrogens is 409 g/mol. The molecule has 3 N–H and O–H groups in total. The lowest BCUT2D eigenvalue weighted by molar-refractivity contribution is 0.259. The molecule has 1 aromatic heterocycles. The van der Waals surface area contributed by atoms with E-state index in [1.54, 1.807) is 4.68 Å². The Morgan fingerprint density at radius 2 is 2.17 bits per heavy atom. The first-order chi connectivity index (χ1) is 14.2. The molecule has 2 aromatic rings. The van der Waals surface area contributed by atoms with Gasteiger partial charge in [-0.1, -0.05) is 6.07 Å². The standard InChI is InChI=1S/C20H24FN5O3S/c1-20(2)10-29-18-16(9-23-26(18)20)30(22,28)25-19(27)24-17-14-5-3-4-11(14)6-12-7-13(21)8-15(12)17/h6,9,13H,3-5,7-8,10H2,1-2H3,(H3,22,24,25,27,28)/t13-,30?/m1/s1. The Morgan fingerprint density at radius 1 is 1.37 bits per heavy atom. The molecule has 1 aromatic carbocycles. The number of nitrogens with zero attached hydrogens (tertiary/aromatic N) is 3. The number of fused-ring (bicyclic) bond motifs is 3. The lowest BCUT2D eigenvalue weighted by atomic mass is 9.99. The van der Waals surface area contributed by atoms with Crippen LogP contribution in [0.4, 0.5) is 14.9 Å². The van der Waals surface area contributed by atoms with Crippen molar-refractivity contribution in [2.24, 2.45) is 9.50 Å². The van der Waals surface area contributed by atoms with E-state index in [1.165, 1.54) is 6.20 Å². The number of hydrogen-bond donors (Lipinski definition) is 2. The molecule has 2 heterocycles. The molecule has 10 heteroatoms. The zero-order valence-corrected chi connectivity index (χ0v) is 17.7. The van der Waals surface area contributed by atoms with Crippen LogP contribution in [0.1, 0.15) is 42.5 Å². The number of rotatable bonds is 2. The van der Waals surface area contributed by atoms with Crippen molar-refractivity contribution in [1.82, 2.24) is 9.78 Å². The van der Waals surface area contributed by atoms with Crippen molar-refractivity contribution in [3.63, 3.8) is 0 Å². The van der Waals surface area contributed by atoms with E-state index < -0.39 is 27.7 Å². The van der Waals surface area contributed by atoms with Crippen LogP contribution in [0.2, 0.25) is 0 Å². The summed E-state index contributed by atoms with van der Waals surface area (Å²) in [6.45, 7) is 4.21. The highest BCUT2D eigenvalue weighted by molar-refractivity contribution is 7.91. The quantitative estimate of drug-likeness (QED) is 0.758. The number of urea groups is 1. The molecule has 3 aliphatic rings. The summed E-state index contributed by atoms with van der Waals surface area (Å²) in [6, 6.07) is 1.25. The van der Waals surface area contributed by atoms with Gasteiger partial charge in [0.2, 0.25) is 5.88 Å². The number of halogens is 1. The molecule has 0 spiro atoms. The van der Waals surface area contributed by atoms with Crippen LogP contribution in [0.15, 0.2) is 21.5 Å². The second-order valence-electron chi connectivity index (χ2n) is 8.80. The van der Waals surface area contributed by atoms with E-state index in [9.17, 15) is 13.4 Å². The lowest BCUT2D eigenvalue weighted by Crippen LogP contribution is -2.26. The van der Waals surface area contributed by atoms with Gasteiger partial charge in [0, 0.05) is 18.5 Å². The van der Waals surface area contributed by atoms with Gasteiger partial charge in [-0.3, -0.25) is 0 Å². The number of ether oxygens (including phenoxy) is 1. The van der Waals surface area contributed by atoms with Crippen LogP contribution in [-0.4, -0.2) is 32.8 Å². The molecule has 8 nitrogen and oxygen atoms in total. The maximum Gasteiger partial charge on any atom is 0.354 e. The molecule has 2 aliphatic carbocycles. The number of nitrogens with one attached hydrogen (secondary N) is 1. The third-order valence-corrected chi connectivity index (χ3v) is 7.41. The highest BCUT2D eigenvalue weighted by atomic mass is 32.2. The number of benzene rings is 1. The van der Waals surface area contributed by atoms with Gasteiger partial charge in [-0.25, -0.2) is 23.2 Å². The third kappa shape index (κ3) is 3.01. The van der Waals surface area contributed by atoms with E-state index >= 15 is 0 Å². The average Bonchev–Trinajstić information content (AvgIpc) is 3.39. The molecule has 2 atom stereocenters. The van der Waals surface area contributed by atoms with E-state index in [2.05, 4.69) is 20.8 Å².